The first-order valence-electron chi connectivity index (χ1n) is 7.23. The Morgan fingerprint density at radius 2 is 1.62 bits per heavy atom. The SMILES string of the molecule is COc1ccc(C[NH+](C)Cc2cc(C)c(C)cc2O)cc1. The number of aromatic hydroxyl groups is 1. The lowest BCUT2D eigenvalue weighted by atomic mass is 10.0. The van der Waals surface area contributed by atoms with Gasteiger partial charge in [-0.2, -0.15) is 0 Å². The largest absolute Gasteiger partial charge is 0.507 e. The number of quaternary nitrogens is 1. The van der Waals surface area contributed by atoms with Crippen molar-refractivity contribution in [1.29, 1.82) is 0 Å². The zero-order valence-corrected chi connectivity index (χ0v) is 13.2. The Labute approximate surface area is 126 Å². The molecule has 2 rings (SSSR count). The van der Waals surface area contributed by atoms with Crippen LogP contribution in [0.1, 0.15) is 22.3 Å². The summed E-state index contributed by atoms with van der Waals surface area (Å²) in [6.45, 7) is 5.82. The molecule has 2 aromatic rings. The smallest absolute Gasteiger partial charge is 0.124 e. The van der Waals surface area contributed by atoms with Crippen LogP contribution in [0.25, 0.3) is 0 Å². The summed E-state index contributed by atoms with van der Waals surface area (Å²) in [6.07, 6.45) is 0. The number of ether oxygens (including phenoxy) is 1. The molecule has 0 aliphatic carbocycles. The van der Waals surface area contributed by atoms with Crippen molar-refractivity contribution < 1.29 is 14.7 Å². The lowest BCUT2D eigenvalue weighted by molar-refractivity contribution is -0.907. The zero-order chi connectivity index (χ0) is 15.4. The highest BCUT2D eigenvalue weighted by molar-refractivity contribution is 5.40. The van der Waals surface area contributed by atoms with E-state index in [1.165, 1.54) is 16.0 Å². The molecule has 2 aromatic carbocycles. The number of benzene rings is 2. The molecule has 112 valence electrons. The van der Waals surface area contributed by atoms with Gasteiger partial charge < -0.3 is 14.7 Å². The van der Waals surface area contributed by atoms with Gasteiger partial charge in [-0.1, -0.05) is 0 Å². The van der Waals surface area contributed by atoms with Crippen LogP contribution in [0.5, 0.6) is 11.5 Å². The van der Waals surface area contributed by atoms with E-state index in [0.717, 1.165) is 30.0 Å². The lowest BCUT2D eigenvalue weighted by Gasteiger charge is -2.16. The van der Waals surface area contributed by atoms with Gasteiger partial charge in [0.2, 0.25) is 0 Å². The molecule has 0 saturated carbocycles. The third-order valence-corrected chi connectivity index (χ3v) is 3.85. The van der Waals surface area contributed by atoms with Crippen LogP contribution in [0.3, 0.4) is 0 Å². The maximum absolute atomic E-state index is 10.1. The third-order valence-electron chi connectivity index (χ3n) is 3.85. The normalized spacial score (nSPS) is 12.2. The van der Waals surface area contributed by atoms with Gasteiger partial charge >= 0.3 is 0 Å². The molecule has 0 heterocycles. The fraction of sp³-hybridized carbons (Fsp3) is 0.333. The fourth-order valence-electron chi connectivity index (χ4n) is 2.48. The van der Waals surface area contributed by atoms with E-state index in [0.29, 0.717) is 5.75 Å². The number of nitrogens with one attached hydrogen (secondary N) is 1. The van der Waals surface area contributed by atoms with Gasteiger partial charge in [0.1, 0.15) is 24.6 Å². The van der Waals surface area contributed by atoms with E-state index in [1.54, 1.807) is 7.11 Å². The van der Waals surface area contributed by atoms with Gasteiger partial charge in [0.15, 0.2) is 0 Å². The molecule has 0 amide bonds. The van der Waals surface area contributed by atoms with E-state index >= 15 is 0 Å². The van der Waals surface area contributed by atoms with Crippen molar-refractivity contribution in [3.8, 4) is 11.5 Å². The Kier molecular flexibility index (Phi) is 4.86. The molecule has 2 N–H and O–H groups in total. The molecule has 0 aliphatic rings. The highest BCUT2D eigenvalue weighted by Gasteiger charge is 2.10. The number of phenolic OH excluding ortho intramolecular Hbond substituents is 1. The van der Waals surface area contributed by atoms with E-state index in [9.17, 15) is 5.11 Å². The van der Waals surface area contributed by atoms with Gasteiger partial charge in [-0.25, -0.2) is 0 Å². The molecule has 21 heavy (non-hydrogen) atoms. The molecule has 1 atom stereocenters. The molecule has 1 unspecified atom stereocenters. The van der Waals surface area contributed by atoms with Gasteiger partial charge in [0.25, 0.3) is 0 Å². The second-order valence-electron chi connectivity index (χ2n) is 5.72. The maximum atomic E-state index is 10.1. The Morgan fingerprint density at radius 1 is 1.00 bits per heavy atom. The number of rotatable bonds is 5. The van der Waals surface area contributed by atoms with Gasteiger partial charge in [-0.3, -0.25) is 0 Å². The molecule has 0 saturated heterocycles. The van der Waals surface area contributed by atoms with Crippen molar-refractivity contribution in [2.24, 2.45) is 0 Å². The van der Waals surface area contributed by atoms with Gasteiger partial charge in [0, 0.05) is 11.1 Å². The summed E-state index contributed by atoms with van der Waals surface area (Å²) < 4.78 is 5.17. The first-order valence-corrected chi connectivity index (χ1v) is 7.23. The summed E-state index contributed by atoms with van der Waals surface area (Å²) in [6, 6.07) is 12.1. The summed E-state index contributed by atoms with van der Waals surface area (Å²) in [5.41, 5.74) is 4.62. The summed E-state index contributed by atoms with van der Waals surface area (Å²) in [5, 5.41) is 10.1. The van der Waals surface area contributed by atoms with E-state index in [4.69, 9.17) is 4.74 Å². The van der Waals surface area contributed by atoms with Crippen LogP contribution < -0.4 is 9.64 Å². The summed E-state index contributed by atoms with van der Waals surface area (Å²) in [5.74, 6) is 1.27. The molecule has 0 aromatic heterocycles. The minimum Gasteiger partial charge on any atom is -0.507 e. The lowest BCUT2D eigenvalue weighted by Crippen LogP contribution is -3.06. The molecule has 0 radical (unpaired) electrons. The first-order chi connectivity index (χ1) is 9.99. The Hall–Kier alpha value is -2.00. The van der Waals surface area contributed by atoms with Crippen molar-refractivity contribution >= 4 is 0 Å². The number of phenols is 1. The molecule has 0 fully saturated rings. The van der Waals surface area contributed by atoms with Crippen molar-refractivity contribution in [3.63, 3.8) is 0 Å². The number of hydrogen-bond donors (Lipinski definition) is 2. The maximum Gasteiger partial charge on any atom is 0.124 e. The molecule has 0 bridgehead atoms. The van der Waals surface area contributed by atoms with Crippen LogP contribution in [0.2, 0.25) is 0 Å². The highest BCUT2D eigenvalue weighted by Crippen LogP contribution is 2.21. The Morgan fingerprint density at radius 3 is 2.24 bits per heavy atom. The van der Waals surface area contributed by atoms with Crippen molar-refractivity contribution in [2.45, 2.75) is 26.9 Å². The quantitative estimate of drug-likeness (QED) is 0.884. The van der Waals surface area contributed by atoms with Crippen LogP contribution in [0.4, 0.5) is 0 Å². The van der Waals surface area contributed by atoms with Crippen LogP contribution in [0, 0.1) is 13.8 Å². The predicted molar refractivity (Wildman–Crippen MR) is 84.9 cm³/mol. The third kappa shape index (κ3) is 3.99. The molecule has 3 heteroatoms. The Balaban J connectivity index is 2.04. The van der Waals surface area contributed by atoms with Crippen LogP contribution in [-0.4, -0.2) is 19.3 Å². The second kappa shape index (κ2) is 6.64. The number of methoxy groups -OCH3 is 1. The molecule has 3 nitrogen and oxygen atoms in total. The van der Waals surface area contributed by atoms with E-state index in [2.05, 4.69) is 32.2 Å². The van der Waals surface area contributed by atoms with E-state index < -0.39 is 0 Å². The monoisotopic (exact) mass is 286 g/mol. The average Bonchev–Trinajstić information content (AvgIpc) is 2.45. The minimum absolute atomic E-state index is 0.396. The second-order valence-corrected chi connectivity index (χ2v) is 5.72. The number of aryl methyl sites for hydroxylation is 2. The van der Waals surface area contributed by atoms with Gasteiger partial charge in [-0.15, -0.1) is 0 Å². The molecular weight excluding hydrogens is 262 g/mol. The molecule has 0 spiro atoms. The first kappa shape index (κ1) is 15.4. The highest BCUT2D eigenvalue weighted by atomic mass is 16.5. The summed E-state index contributed by atoms with van der Waals surface area (Å²) in [4.78, 5) is 1.33. The summed E-state index contributed by atoms with van der Waals surface area (Å²) in [7, 11) is 3.81. The van der Waals surface area contributed by atoms with Crippen molar-refractivity contribution in [3.05, 3.63) is 58.7 Å². The molecular formula is C18H24NO2+. The average molecular weight is 286 g/mol. The van der Waals surface area contributed by atoms with Crippen molar-refractivity contribution in [2.75, 3.05) is 14.2 Å². The topological polar surface area (TPSA) is 33.9 Å². The van der Waals surface area contributed by atoms with E-state index in [1.807, 2.05) is 25.1 Å². The van der Waals surface area contributed by atoms with Crippen LogP contribution in [-0.2, 0) is 13.1 Å². The minimum atomic E-state index is 0.396. The van der Waals surface area contributed by atoms with Gasteiger partial charge in [0.05, 0.1) is 14.2 Å². The zero-order valence-electron chi connectivity index (χ0n) is 13.2. The van der Waals surface area contributed by atoms with Crippen LogP contribution in [0.15, 0.2) is 36.4 Å². The fourth-order valence-corrected chi connectivity index (χ4v) is 2.48. The number of hydrogen-bond acceptors (Lipinski definition) is 2. The van der Waals surface area contributed by atoms with Crippen LogP contribution >= 0.6 is 0 Å². The Bertz CT molecular complexity index is 605. The summed E-state index contributed by atoms with van der Waals surface area (Å²) >= 11 is 0. The van der Waals surface area contributed by atoms with Gasteiger partial charge in [-0.05, 0) is 61.4 Å². The molecule has 0 aliphatic heterocycles. The standard InChI is InChI=1S/C18H23NO2/c1-13-9-16(18(20)10-14(13)2)12-19(3)11-15-5-7-17(21-4)8-6-15/h5-10,20H,11-12H2,1-4H3/p+1. The predicted octanol–water partition coefficient (Wildman–Crippen LogP) is 2.23. The van der Waals surface area contributed by atoms with Crippen molar-refractivity contribution in [1.82, 2.24) is 0 Å². The van der Waals surface area contributed by atoms with E-state index in [-0.39, 0.29) is 0 Å².